The minimum absolute atomic E-state index is 0.572. The van der Waals surface area contributed by atoms with E-state index in [1.54, 1.807) is 0 Å². The lowest BCUT2D eigenvalue weighted by molar-refractivity contribution is 0.445. The van der Waals surface area contributed by atoms with E-state index in [1.165, 1.54) is 6.33 Å². The second-order valence-corrected chi connectivity index (χ2v) is 6.02. The molecule has 1 atom stereocenters. The number of anilines is 3. The van der Waals surface area contributed by atoms with Crippen molar-refractivity contribution in [3.05, 3.63) is 35.7 Å². The lowest BCUT2D eigenvalue weighted by Crippen LogP contribution is -2.25. The van der Waals surface area contributed by atoms with Crippen LogP contribution in [0.1, 0.15) is 6.92 Å². The minimum Gasteiger partial charge on any atom is -0.368 e. The summed E-state index contributed by atoms with van der Waals surface area (Å²) in [6.45, 7) is 4.07. The molecule has 1 aliphatic rings. The quantitative estimate of drug-likeness (QED) is 0.759. The molecular weight excluding hydrogens is 300 g/mol. The Morgan fingerprint density at radius 3 is 3.18 bits per heavy atom. The summed E-state index contributed by atoms with van der Waals surface area (Å²) < 4.78 is 1.98. The van der Waals surface area contributed by atoms with Crippen molar-refractivity contribution in [3.8, 4) is 0 Å². The fourth-order valence-electron chi connectivity index (χ4n) is 2.69. The highest BCUT2D eigenvalue weighted by Gasteiger charge is 2.19. The van der Waals surface area contributed by atoms with Crippen LogP contribution in [0.3, 0.4) is 0 Å². The molecule has 7 heteroatoms. The molecule has 0 spiro atoms. The van der Waals surface area contributed by atoms with E-state index in [0.29, 0.717) is 10.9 Å². The van der Waals surface area contributed by atoms with Crippen molar-refractivity contribution in [3.63, 3.8) is 0 Å². The summed E-state index contributed by atoms with van der Waals surface area (Å²) in [5.74, 6) is 2.32. The summed E-state index contributed by atoms with van der Waals surface area (Å²) in [4.78, 5) is 8.60. The summed E-state index contributed by atoms with van der Waals surface area (Å²) in [6.07, 6.45) is 3.36. The SMILES string of the molecule is CC1CNc2c(Nc3ncnc4cc(Cl)ccc34)cnn2C1. The summed E-state index contributed by atoms with van der Waals surface area (Å²) in [5, 5.41) is 12.8. The predicted molar refractivity (Wildman–Crippen MR) is 87.7 cm³/mol. The molecule has 2 N–H and O–H groups in total. The Bertz CT molecular complexity index is 843. The maximum Gasteiger partial charge on any atom is 0.148 e. The smallest absolute Gasteiger partial charge is 0.148 e. The summed E-state index contributed by atoms with van der Waals surface area (Å²) >= 11 is 6.02. The molecule has 112 valence electrons. The number of hydrogen-bond donors (Lipinski definition) is 2. The first-order valence-corrected chi connectivity index (χ1v) is 7.55. The van der Waals surface area contributed by atoms with Crippen molar-refractivity contribution in [2.75, 3.05) is 17.2 Å². The third-order valence-electron chi connectivity index (χ3n) is 3.79. The molecular formula is C15H15ClN6. The summed E-state index contributed by atoms with van der Waals surface area (Å²) in [7, 11) is 0. The van der Waals surface area contributed by atoms with Gasteiger partial charge in [0.2, 0.25) is 0 Å². The van der Waals surface area contributed by atoms with Gasteiger partial charge in [-0.2, -0.15) is 5.10 Å². The molecule has 0 amide bonds. The average molecular weight is 315 g/mol. The number of nitrogens with one attached hydrogen (secondary N) is 2. The van der Waals surface area contributed by atoms with E-state index in [-0.39, 0.29) is 0 Å². The number of aromatic nitrogens is 4. The average Bonchev–Trinajstić information content (AvgIpc) is 2.89. The Balaban J connectivity index is 1.73. The highest BCUT2D eigenvalue weighted by molar-refractivity contribution is 6.31. The van der Waals surface area contributed by atoms with Gasteiger partial charge in [-0.25, -0.2) is 14.6 Å². The van der Waals surface area contributed by atoms with E-state index >= 15 is 0 Å². The molecule has 0 saturated carbocycles. The first kappa shape index (κ1) is 13.3. The molecule has 6 nitrogen and oxygen atoms in total. The normalized spacial score (nSPS) is 17.1. The van der Waals surface area contributed by atoms with Crippen LogP contribution in [-0.2, 0) is 6.54 Å². The van der Waals surface area contributed by atoms with Gasteiger partial charge >= 0.3 is 0 Å². The number of nitrogens with zero attached hydrogens (tertiary/aromatic N) is 4. The van der Waals surface area contributed by atoms with Crippen LogP contribution in [0.5, 0.6) is 0 Å². The number of rotatable bonds is 2. The Kier molecular flexibility index (Phi) is 3.11. The standard InChI is InChI=1S/C15H15ClN6/c1-9-5-17-15-13(6-20-22(15)7-9)21-14-11-3-2-10(16)4-12(11)18-8-19-14/h2-4,6,8-9,17H,5,7H2,1H3,(H,18,19,21). The van der Waals surface area contributed by atoms with Gasteiger partial charge in [0.25, 0.3) is 0 Å². The van der Waals surface area contributed by atoms with Crippen LogP contribution < -0.4 is 10.6 Å². The van der Waals surface area contributed by atoms with E-state index in [1.807, 2.05) is 29.1 Å². The van der Waals surface area contributed by atoms with E-state index in [9.17, 15) is 0 Å². The molecule has 0 radical (unpaired) electrons. The topological polar surface area (TPSA) is 67.7 Å². The van der Waals surface area contributed by atoms with E-state index < -0.39 is 0 Å². The van der Waals surface area contributed by atoms with Crippen molar-refractivity contribution in [2.45, 2.75) is 13.5 Å². The molecule has 3 aromatic rings. The second kappa shape index (κ2) is 5.14. The van der Waals surface area contributed by atoms with Crippen LogP contribution in [0.2, 0.25) is 5.02 Å². The van der Waals surface area contributed by atoms with Crippen LogP contribution in [0.25, 0.3) is 10.9 Å². The largest absolute Gasteiger partial charge is 0.368 e. The van der Waals surface area contributed by atoms with Crippen LogP contribution in [0, 0.1) is 5.92 Å². The van der Waals surface area contributed by atoms with Crippen LogP contribution in [0.4, 0.5) is 17.3 Å². The number of benzene rings is 1. The van der Waals surface area contributed by atoms with Gasteiger partial charge in [-0.15, -0.1) is 0 Å². The van der Waals surface area contributed by atoms with Gasteiger partial charge in [0.1, 0.15) is 23.7 Å². The second-order valence-electron chi connectivity index (χ2n) is 5.58. The highest BCUT2D eigenvalue weighted by Crippen LogP contribution is 2.31. The van der Waals surface area contributed by atoms with Gasteiger partial charge in [0.05, 0.1) is 11.7 Å². The van der Waals surface area contributed by atoms with Crippen molar-refractivity contribution in [1.29, 1.82) is 0 Å². The first-order valence-electron chi connectivity index (χ1n) is 7.17. The zero-order chi connectivity index (χ0) is 15.1. The predicted octanol–water partition coefficient (Wildman–Crippen LogP) is 3.28. The van der Waals surface area contributed by atoms with Crippen molar-refractivity contribution in [1.82, 2.24) is 19.7 Å². The number of hydrogen-bond acceptors (Lipinski definition) is 5. The van der Waals surface area contributed by atoms with Gasteiger partial charge in [-0.1, -0.05) is 18.5 Å². The molecule has 0 bridgehead atoms. The highest BCUT2D eigenvalue weighted by atomic mass is 35.5. The maximum atomic E-state index is 6.02. The molecule has 1 aromatic carbocycles. The maximum absolute atomic E-state index is 6.02. The Hall–Kier alpha value is -2.34. The van der Waals surface area contributed by atoms with Crippen LogP contribution >= 0.6 is 11.6 Å². The molecule has 0 saturated heterocycles. The van der Waals surface area contributed by atoms with Gasteiger partial charge in [-0.05, 0) is 24.1 Å². The number of fused-ring (bicyclic) bond motifs is 2. The van der Waals surface area contributed by atoms with Crippen molar-refractivity contribution >= 4 is 39.8 Å². The first-order chi connectivity index (χ1) is 10.7. The van der Waals surface area contributed by atoms with Crippen LogP contribution in [0.15, 0.2) is 30.7 Å². The fourth-order valence-corrected chi connectivity index (χ4v) is 2.86. The van der Waals surface area contributed by atoms with Crippen molar-refractivity contribution < 1.29 is 0 Å². The number of halogens is 1. The molecule has 1 aliphatic heterocycles. The van der Waals surface area contributed by atoms with Gasteiger partial charge in [-0.3, -0.25) is 0 Å². The third kappa shape index (κ3) is 2.25. The van der Waals surface area contributed by atoms with Crippen LogP contribution in [-0.4, -0.2) is 26.3 Å². The summed E-state index contributed by atoms with van der Waals surface area (Å²) in [6, 6.07) is 5.59. The van der Waals surface area contributed by atoms with Gasteiger partial charge in [0, 0.05) is 23.5 Å². The fraction of sp³-hybridized carbons (Fsp3) is 0.267. The Labute approximate surface area is 132 Å². The Morgan fingerprint density at radius 1 is 1.36 bits per heavy atom. The van der Waals surface area contributed by atoms with E-state index in [4.69, 9.17) is 11.6 Å². The molecule has 0 aliphatic carbocycles. The molecule has 4 rings (SSSR count). The lowest BCUT2D eigenvalue weighted by atomic mass is 10.1. The molecule has 1 unspecified atom stereocenters. The zero-order valence-electron chi connectivity index (χ0n) is 12.0. The lowest BCUT2D eigenvalue weighted by Gasteiger charge is -2.22. The van der Waals surface area contributed by atoms with Gasteiger partial charge in [0.15, 0.2) is 0 Å². The van der Waals surface area contributed by atoms with E-state index in [0.717, 1.165) is 41.3 Å². The molecule has 2 aromatic heterocycles. The molecule has 0 fully saturated rings. The molecule has 22 heavy (non-hydrogen) atoms. The van der Waals surface area contributed by atoms with E-state index in [2.05, 4.69) is 32.6 Å². The minimum atomic E-state index is 0.572. The third-order valence-corrected chi connectivity index (χ3v) is 4.03. The summed E-state index contributed by atoms with van der Waals surface area (Å²) in [5.41, 5.74) is 1.73. The zero-order valence-corrected chi connectivity index (χ0v) is 12.8. The monoisotopic (exact) mass is 314 g/mol. The van der Waals surface area contributed by atoms with Crippen molar-refractivity contribution in [2.24, 2.45) is 5.92 Å². The van der Waals surface area contributed by atoms with Gasteiger partial charge < -0.3 is 10.6 Å². The molecule has 3 heterocycles. The Morgan fingerprint density at radius 2 is 2.27 bits per heavy atom.